The Labute approximate surface area is 86.8 Å². The number of pyridine rings is 1. The molecule has 0 spiro atoms. The molecule has 1 aromatic rings. The van der Waals surface area contributed by atoms with Crippen molar-refractivity contribution in [1.29, 1.82) is 0 Å². The van der Waals surface area contributed by atoms with Gasteiger partial charge in [0.1, 0.15) is 16.6 Å². The number of alkyl halides is 3. The highest BCUT2D eigenvalue weighted by atomic mass is 35.5. The first-order valence-corrected chi connectivity index (χ1v) is 3.89. The Balaban J connectivity index is 3.04. The smallest absolute Gasteiger partial charge is 0.406 e. The van der Waals surface area contributed by atoms with Gasteiger partial charge in [-0.1, -0.05) is 11.6 Å². The number of ether oxygens (including phenoxy) is 1. The molecule has 0 radical (unpaired) electrons. The molecule has 1 rings (SSSR count). The minimum absolute atomic E-state index is 0.314. The predicted octanol–water partition coefficient (Wildman–Crippen LogP) is 1.73. The minimum atomic E-state index is -4.86. The van der Waals surface area contributed by atoms with Crippen molar-refractivity contribution >= 4 is 17.5 Å². The van der Waals surface area contributed by atoms with Crippen LogP contribution in [0, 0.1) is 0 Å². The Hall–Kier alpha value is -1.50. The normalized spacial score (nSPS) is 11.2. The van der Waals surface area contributed by atoms with E-state index in [1.165, 1.54) is 0 Å². The summed E-state index contributed by atoms with van der Waals surface area (Å²) in [4.78, 5) is 14.0. The lowest BCUT2D eigenvalue weighted by atomic mass is 10.3. The van der Waals surface area contributed by atoms with Gasteiger partial charge < -0.3 is 10.5 Å². The van der Waals surface area contributed by atoms with Crippen LogP contribution < -0.4 is 10.5 Å². The van der Waals surface area contributed by atoms with E-state index in [2.05, 4.69) is 9.72 Å². The van der Waals surface area contributed by atoms with Crippen LogP contribution in [0.1, 0.15) is 10.5 Å². The lowest BCUT2D eigenvalue weighted by molar-refractivity contribution is -0.274. The number of hydrogen-bond donors (Lipinski definition) is 1. The molecule has 1 aromatic heterocycles. The second-order valence-electron chi connectivity index (χ2n) is 2.42. The van der Waals surface area contributed by atoms with Crippen LogP contribution in [0.3, 0.4) is 0 Å². The average Bonchev–Trinajstić information content (AvgIpc) is 1.99. The molecule has 8 heteroatoms. The largest absolute Gasteiger partial charge is 0.573 e. The van der Waals surface area contributed by atoms with Crippen LogP contribution in [-0.2, 0) is 0 Å². The molecule has 0 aromatic carbocycles. The number of rotatable bonds is 2. The van der Waals surface area contributed by atoms with Gasteiger partial charge in [-0.3, -0.25) is 4.79 Å². The fourth-order valence-corrected chi connectivity index (χ4v) is 0.991. The Bertz CT molecular complexity index is 394. The zero-order valence-electron chi connectivity index (χ0n) is 7.01. The van der Waals surface area contributed by atoms with Crippen LogP contribution in [0.5, 0.6) is 5.75 Å². The van der Waals surface area contributed by atoms with Gasteiger partial charge in [-0.25, -0.2) is 4.98 Å². The second-order valence-corrected chi connectivity index (χ2v) is 2.81. The molecule has 0 saturated heterocycles. The molecule has 0 aliphatic carbocycles. The van der Waals surface area contributed by atoms with Gasteiger partial charge in [-0.15, -0.1) is 13.2 Å². The molecule has 0 aliphatic heterocycles. The summed E-state index contributed by atoms with van der Waals surface area (Å²) in [5.74, 6) is -1.64. The van der Waals surface area contributed by atoms with E-state index >= 15 is 0 Å². The number of halogens is 4. The number of hydrogen-bond acceptors (Lipinski definition) is 3. The fourth-order valence-electron chi connectivity index (χ4n) is 0.792. The summed E-state index contributed by atoms with van der Waals surface area (Å²) in [6.07, 6.45) is -4.86. The molecular weight excluding hydrogens is 237 g/mol. The van der Waals surface area contributed by atoms with Crippen LogP contribution in [0.15, 0.2) is 12.1 Å². The highest BCUT2D eigenvalue weighted by Gasteiger charge is 2.31. The number of aromatic nitrogens is 1. The Morgan fingerprint density at radius 2 is 2.07 bits per heavy atom. The van der Waals surface area contributed by atoms with Crippen molar-refractivity contribution in [2.24, 2.45) is 5.73 Å². The summed E-state index contributed by atoms with van der Waals surface area (Å²) < 4.78 is 39.0. The molecule has 0 saturated carbocycles. The van der Waals surface area contributed by atoms with Crippen molar-refractivity contribution in [3.63, 3.8) is 0 Å². The standard InChI is InChI=1S/C7H4ClF3N2O2/c8-5-2-3(15-7(9,10)11)1-4(13-5)6(12)14/h1-2H,(H2,12,14). The lowest BCUT2D eigenvalue weighted by Crippen LogP contribution is -2.18. The van der Waals surface area contributed by atoms with Crippen molar-refractivity contribution in [2.45, 2.75) is 6.36 Å². The van der Waals surface area contributed by atoms with Crippen molar-refractivity contribution in [3.8, 4) is 5.75 Å². The number of carbonyl (C=O) groups excluding carboxylic acids is 1. The Morgan fingerprint density at radius 1 is 1.47 bits per heavy atom. The summed E-state index contributed by atoms with van der Waals surface area (Å²) >= 11 is 5.36. The maximum Gasteiger partial charge on any atom is 0.573 e. The maximum atomic E-state index is 11.8. The molecule has 1 amide bonds. The first-order valence-electron chi connectivity index (χ1n) is 3.51. The third-order valence-electron chi connectivity index (χ3n) is 1.25. The molecule has 0 unspecified atom stereocenters. The van der Waals surface area contributed by atoms with Gasteiger partial charge in [0.15, 0.2) is 0 Å². The Morgan fingerprint density at radius 3 is 2.53 bits per heavy atom. The number of nitrogens with two attached hydrogens (primary N) is 1. The number of carbonyl (C=O) groups is 1. The molecule has 0 fully saturated rings. The third-order valence-corrected chi connectivity index (χ3v) is 1.45. The summed E-state index contributed by atoms with van der Waals surface area (Å²) in [6.45, 7) is 0. The van der Waals surface area contributed by atoms with Gasteiger partial charge in [0.25, 0.3) is 5.91 Å². The summed E-state index contributed by atoms with van der Waals surface area (Å²) in [6, 6.07) is 1.57. The van der Waals surface area contributed by atoms with E-state index in [0.717, 1.165) is 12.1 Å². The van der Waals surface area contributed by atoms with Crippen molar-refractivity contribution in [3.05, 3.63) is 23.0 Å². The quantitative estimate of drug-likeness (QED) is 0.801. The van der Waals surface area contributed by atoms with Crippen LogP contribution in [0.25, 0.3) is 0 Å². The maximum absolute atomic E-state index is 11.8. The molecule has 2 N–H and O–H groups in total. The van der Waals surface area contributed by atoms with Gasteiger partial charge in [0.05, 0.1) is 0 Å². The molecule has 1 heterocycles. The average molecular weight is 241 g/mol. The predicted molar refractivity (Wildman–Crippen MR) is 44.4 cm³/mol. The number of amides is 1. The molecule has 82 valence electrons. The van der Waals surface area contributed by atoms with Gasteiger partial charge in [-0.05, 0) is 0 Å². The molecule has 15 heavy (non-hydrogen) atoms. The zero-order chi connectivity index (χ0) is 11.6. The highest BCUT2D eigenvalue weighted by Crippen LogP contribution is 2.25. The van der Waals surface area contributed by atoms with E-state index in [1.54, 1.807) is 0 Å². The third kappa shape index (κ3) is 3.62. The molecule has 0 atom stereocenters. The number of primary amides is 1. The summed E-state index contributed by atoms with van der Waals surface area (Å²) in [5, 5.41) is -0.314. The topological polar surface area (TPSA) is 65.2 Å². The van der Waals surface area contributed by atoms with Crippen LogP contribution in [0.2, 0.25) is 5.15 Å². The van der Waals surface area contributed by atoms with E-state index in [0.29, 0.717) is 0 Å². The minimum Gasteiger partial charge on any atom is -0.406 e. The lowest BCUT2D eigenvalue weighted by Gasteiger charge is -2.09. The monoisotopic (exact) mass is 240 g/mol. The van der Waals surface area contributed by atoms with Gasteiger partial charge in [0.2, 0.25) is 0 Å². The van der Waals surface area contributed by atoms with Gasteiger partial charge in [-0.2, -0.15) is 0 Å². The molecule has 0 bridgehead atoms. The van der Waals surface area contributed by atoms with Crippen LogP contribution in [0.4, 0.5) is 13.2 Å². The van der Waals surface area contributed by atoms with E-state index in [4.69, 9.17) is 17.3 Å². The summed E-state index contributed by atoms with van der Waals surface area (Å²) in [5.41, 5.74) is 4.42. The Kier molecular flexibility index (Phi) is 3.04. The van der Waals surface area contributed by atoms with Crippen LogP contribution in [-0.4, -0.2) is 17.3 Å². The van der Waals surface area contributed by atoms with E-state index in [9.17, 15) is 18.0 Å². The SMILES string of the molecule is NC(=O)c1cc(OC(F)(F)F)cc(Cl)n1. The number of nitrogens with zero attached hydrogens (tertiary/aromatic N) is 1. The van der Waals surface area contributed by atoms with E-state index < -0.39 is 23.7 Å². The van der Waals surface area contributed by atoms with E-state index in [-0.39, 0.29) is 5.15 Å². The molecular formula is C7H4ClF3N2O2. The van der Waals surface area contributed by atoms with Crippen LogP contribution >= 0.6 is 11.6 Å². The van der Waals surface area contributed by atoms with Gasteiger partial charge >= 0.3 is 6.36 Å². The molecule has 0 aliphatic rings. The van der Waals surface area contributed by atoms with Crippen molar-refractivity contribution in [1.82, 2.24) is 4.98 Å². The zero-order valence-corrected chi connectivity index (χ0v) is 7.76. The highest BCUT2D eigenvalue weighted by molar-refractivity contribution is 6.29. The van der Waals surface area contributed by atoms with Gasteiger partial charge in [0, 0.05) is 12.1 Å². The molecule has 4 nitrogen and oxygen atoms in total. The fraction of sp³-hybridized carbons (Fsp3) is 0.143. The second kappa shape index (κ2) is 3.93. The summed E-state index contributed by atoms with van der Waals surface area (Å²) in [7, 11) is 0. The van der Waals surface area contributed by atoms with Crippen molar-refractivity contribution in [2.75, 3.05) is 0 Å². The van der Waals surface area contributed by atoms with E-state index in [1.807, 2.05) is 0 Å². The first kappa shape index (κ1) is 11.6. The van der Waals surface area contributed by atoms with Crippen molar-refractivity contribution < 1.29 is 22.7 Å². The first-order chi connectivity index (χ1) is 6.78.